The van der Waals surface area contributed by atoms with E-state index in [9.17, 15) is 23.3 Å². The largest absolute Gasteiger partial charge is 0.294 e. The van der Waals surface area contributed by atoms with Gasteiger partial charge >= 0.3 is 0 Å². The Morgan fingerprint density at radius 2 is 2.06 bits per heavy atom. The van der Waals surface area contributed by atoms with Crippen LogP contribution in [0.15, 0.2) is 27.5 Å². The first-order valence-electron chi connectivity index (χ1n) is 3.66. The molecule has 0 fully saturated rings. The molecule has 1 rings (SSSR count). The monoisotopic (exact) mass is 262 g/mol. The third-order valence-electron chi connectivity index (χ3n) is 1.56. The summed E-state index contributed by atoms with van der Waals surface area (Å²) in [5.41, 5.74) is -0.362. The third-order valence-corrected chi connectivity index (χ3v) is 3.21. The number of non-ortho nitro benzene ring substituents is 1. The Hall–Kier alpha value is -1.76. The van der Waals surface area contributed by atoms with Crippen LogP contribution in [-0.2, 0) is 14.8 Å². The van der Waals surface area contributed by atoms with Gasteiger partial charge in [-0.2, -0.15) is 8.42 Å². The van der Waals surface area contributed by atoms with Gasteiger partial charge in [0.25, 0.3) is 21.8 Å². The summed E-state index contributed by atoms with van der Waals surface area (Å²) in [4.78, 5) is 19.0. The van der Waals surface area contributed by atoms with Gasteiger partial charge in [0.1, 0.15) is 4.90 Å². The maximum atomic E-state index is 11.3. The van der Waals surface area contributed by atoms with Crippen LogP contribution in [0.2, 0.25) is 5.02 Å². The van der Waals surface area contributed by atoms with Gasteiger partial charge < -0.3 is 0 Å². The van der Waals surface area contributed by atoms with E-state index in [2.05, 4.69) is 4.40 Å². The van der Waals surface area contributed by atoms with Crippen LogP contribution in [0.3, 0.4) is 0 Å². The minimum atomic E-state index is -4.24. The van der Waals surface area contributed by atoms with Gasteiger partial charge in [0.2, 0.25) is 0 Å². The van der Waals surface area contributed by atoms with Gasteiger partial charge in [-0.1, -0.05) is 16.0 Å². The lowest BCUT2D eigenvalue weighted by Gasteiger charge is -1.99. The lowest BCUT2D eigenvalue weighted by Crippen LogP contribution is -1.98. The van der Waals surface area contributed by atoms with Gasteiger partial charge in [0, 0.05) is 12.1 Å². The zero-order valence-electron chi connectivity index (χ0n) is 7.45. The van der Waals surface area contributed by atoms with Crippen LogP contribution in [-0.4, -0.2) is 19.4 Å². The third kappa shape index (κ3) is 2.43. The van der Waals surface area contributed by atoms with Gasteiger partial charge in [-0.25, -0.2) is 4.79 Å². The van der Waals surface area contributed by atoms with Crippen molar-refractivity contribution in [2.24, 2.45) is 4.40 Å². The van der Waals surface area contributed by atoms with Gasteiger partial charge in [-0.3, -0.25) is 10.1 Å². The Labute approximate surface area is 94.6 Å². The summed E-state index contributed by atoms with van der Waals surface area (Å²) >= 11 is 5.52. The first kappa shape index (κ1) is 12.3. The number of carbonyl (C=O) groups excluding carboxylic acids is 1. The van der Waals surface area contributed by atoms with Crippen molar-refractivity contribution in [3.05, 3.63) is 33.3 Å². The van der Waals surface area contributed by atoms with E-state index in [-0.39, 0.29) is 10.7 Å². The molecule has 84 valence electrons. The highest BCUT2D eigenvalue weighted by Crippen LogP contribution is 2.27. The summed E-state index contributed by atoms with van der Waals surface area (Å²) in [7, 11) is -4.24. The highest BCUT2D eigenvalue weighted by Gasteiger charge is 2.19. The van der Waals surface area contributed by atoms with Crippen LogP contribution in [0.5, 0.6) is 0 Å². The van der Waals surface area contributed by atoms with Gasteiger partial charge in [0.15, 0.2) is 0 Å². The van der Waals surface area contributed by atoms with Gasteiger partial charge in [-0.05, 0) is 6.07 Å². The summed E-state index contributed by atoms with van der Waals surface area (Å²) in [6, 6.07) is 2.70. The molecule has 9 heteroatoms. The second kappa shape index (κ2) is 4.40. The van der Waals surface area contributed by atoms with E-state index >= 15 is 0 Å². The Balaban J connectivity index is 3.40. The number of halogens is 1. The molecule has 0 N–H and O–H groups in total. The summed E-state index contributed by atoms with van der Waals surface area (Å²) < 4.78 is 25.1. The van der Waals surface area contributed by atoms with Crippen LogP contribution in [0.1, 0.15) is 0 Å². The van der Waals surface area contributed by atoms with Crippen molar-refractivity contribution in [3.8, 4) is 0 Å². The molecule has 0 saturated heterocycles. The average Bonchev–Trinajstić information content (AvgIpc) is 2.16. The molecule has 0 unspecified atom stereocenters. The molecule has 0 heterocycles. The molecule has 7 nitrogen and oxygen atoms in total. The van der Waals surface area contributed by atoms with Gasteiger partial charge in [0.05, 0.1) is 9.95 Å². The SMILES string of the molecule is O=C=NS(=O)(=O)c1ccc([N+](=O)[O-])cc1Cl. The van der Waals surface area contributed by atoms with Crippen LogP contribution in [0, 0.1) is 10.1 Å². The maximum absolute atomic E-state index is 11.3. The number of nitro benzene ring substituents is 1. The fourth-order valence-electron chi connectivity index (χ4n) is 0.911. The number of isocyanates is 1. The van der Waals surface area contributed by atoms with Crippen molar-refractivity contribution in [1.82, 2.24) is 0 Å². The second-order valence-electron chi connectivity index (χ2n) is 2.53. The first-order valence-corrected chi connectivity index (χ1v) is 5.48. The first-order chi connectivity index (χ1) is 7.38. The molecular weight excluding hydrogens is 260 g/mol. The Morgan fingerprint density at radius 3 is 2.50 bits per heavy atom. The normalized spacial score (nSPS) is 10.6. The highest BCUT2D eigenvalue weighted by molar-refractivity contribution is 7.90. The standard InChI is InChI=1S/C7H3ClN2O5S/c8-6-3-5(10(12)13)1-2-7(6)16(14,15)9-4-11/h1-3H. The minimum absolute atomic E-state index is 0.362. The fraction of sp³-hybridized carbons (Fsp3) is 0. The lowest BCUT2D eigenvalue weighted by atomic mass is 10.3. The summed E-state index contributed by atoms with van der Waals surface area (Å²) in [6.45, 7) is 0. The Kier molecular flexibility index (Phi) is 3.38. The number of rotatable bonds is 3. The molecular formula is C7H3ClN2O5S. The number of hydrogen-bond acceptors (Lipinski definition) is 5. The zero-order chi connectivity index (χ0) is 12.3. The summed E-state index contributed by atoms with van der Waals surface area (Å²) in [5, 5.41) is 9.97. The molecule has 1 aromatic carbocycles. The van der Waals surface area contributed by atoms with Gasteiger partial charge in [-0.15, -0.1) is 0 Å². The van der Waals surface area contributed by atoms with Crippen molar-refractivity contribution >= 4 is 33.4 Å². The van der Waals surface area contributed by atoms with E-state index in [1.807, 2.05) is 0 Å². The summed E-state index contributed by atoms with van der Waals surface area (Å²) in [6.07, 6.45) is 0.866. The number of benzene rings is 1. The van der Waals surface area contributed by atoms with E-state index < -0.39 is 19.8 Å². The molecule has 0 aliphatic heterocycles. The molecule has 0 radical (unpaired) electrons. The van der Waals surface area contributed by atoms with Crippen LogP contribution < -0.4 is 0 Å². The Bertz CT molecular complexity index is 591. The number of sulfonamides is 1. The predicted octanol–water partition coefficient (Wildman–Crippen LogP) is 1.27. The molecule has 0 aromatic heterocycles. The minimum Gasteiger partial charge on any atom is -0.258 e. The topological polar surface area (TPSA) is 107 Å². The zero-order valence-corrected chi connectivity index (χ0v) is 9.03. The van der Waals surface area contributed by atoms with Crippen molar-refractivity contribution < 1.29 is 18.1 Å². The van der Waals surface area contributed by atoms with Crippen LogP contribution in [0.25, 0.3) is 0 Å². The molecule has 0 spiro atoms. The van der Waals surface area contributed by atoms with Crippen molar-refractivity contribution in [1.29, 1.82) is 0 Å². The number of nitro groups is 1. The number of nitrogens with zero attached hydrogens (tertiary/aromatic N) is 2. The molecule has 0 saturated carbocycles. The second-order valence-corrected chi connectivity index (χ2v) is 4.51. The molecule has 0 amide bonds. The van der Waals surface area contributed by atoms with Crippen LogP contribution in [0.4, 0.5) is 5.69 Å². The maximum Gasteiger partial charge on any atom is 0.294 e. The number of hydrogen-bond donors (Lipinski definition) is 0. The van der Waals surface area contributed by atoms with E-state index in [1.165, 1.54) is 0 Å². The van der Waals surface area contributed by atoms with E-state index in [4.69, 9.17) is 11.6 Å². The van der Waals surface area contributed by atoms with Crippen molar-refractivity contribution in [2.45, 2.75) is 4.90 Å². The van der Waals surface area contributed by atoms with Crippen molar-refractivity contribution in [2.75, 3.05) is 0 Å². The highest BCUT2D eigenvalue weighted by atomic mass is 35.5. The molecule has 0 aliphatic carbocycles. The fourth-order valence-corrected chi connectivity index (χ4v) is 2.12. The quantitative estimate of drug-likeness (QED) is 0.353. The van der Waals surface area contributed by atoms with Crippen LogP contribution >= 0.6 is 11.6 Å². The smallest absolute Gasteiger partial charge is 0.258 e. The van der Waals surface area contributed by atoms with Crippen molar-refractivity contribution in [3.63, 3.8) is 0 Å². The van der Waals surface area contributed by atoms with E-state index in [1.54, 1.807) is 0 Å². The molecule has 1 aromatic rings. The van der Waals surface area contributed by atoms with E-state index in [0.29, 0.717) is 0 Å². The molecule has 0 aliphatic rings. The predicted molar refractivity (Wildman–Crippen MR) is 53.4 cm³/mol. The lowest BCUT2D eigenvalue weighted by molar-refractivity contribution is -0.384. The van der Waals surface area contributed by atoms with E-state index in [0.717, 1.165) is 24.3 Å². The molecule has 0 bridgehead atoms. The average molecular weight is 263 g/mol. The molecule has 16 heavy (non-hydrogen) atoms. The molecule has 0 atom stereocenters. The Morgan fingerprint density at radius 1 is 1.44 bits per heavy atom. The summed E-state index contributed by atoms with van der Waals surface area (Å²) in [5.74, 6) is 0.